The lowest BCUT2D eigenvalue weighted by Gasteiger charge is -2.39. The van der Waals surface area contributed by atoms with Gasteiger partial charge in [0.1, 0.15) is 11.6 Å². The molecule has 3 aromatic rings. The van der Waals surface area contributed by atoms with Crippen LogP contribution in [0.5, 0.6) is 5.75 Å². The highest BCUT2D eigenvalue weighted by Gasteiger charge is 2.43. The molecule has 0 spiro atoms. The molecule has 1 heterocycles. The molecule has 3 unspecified atom stereocenters. The number of aliphatic hydroxyl groups is 1. The van der Waals surface area contributed by atoms with Crippen molar-refractivity contribution in [3.8, 4) is 5.75 Å². The van der Waals surface area contributed by atoms with E-state index in [1.165, 1.54) is 23.3 Å². The summed E-state index contributed by atoms with van der Waals surface area (Å²) in [4.78, 5) is 2.13. The molecular formula is C27H31FN2O2. The number of anilines is 1. The molecule has 168 valence electrons. The van der Waals surface area contributed by atoms with E-state index in [0.717, 1.165) is 6.54 Å². The summed E-state index contributed by atoms with van der Waals surface area (Å²) in [5.74, 6) is 0.654. The van der Waals surface area contributed by atoms with Crippen LogP contribution >= 0.6 is 0 Å². The van der Waals surface area contributed by atoms with E-state index in [-0.39, 0.29) is 36.3 Å². The molecule has 4 rings (SSSR count). The van der Waals surface area contributed by atoms with Crippen molar-refractivity contribution in [1.29, 1.82) is 0 Å². The molecule has 0 aromatic heterocycles. The zero-order valence-electron chi connectivity index (χ0n) is 18.6. The first-order valence-electron chi connectivity index (χ1n) is 11.1. The smallest absolute Gasteiger partial charge is 0.142 e. The number of nitrogens with zero attached hydrogens (tertiary/aromatic N) is 1. The van der Waals surface area contributed by atoms with Gasteiger partial charge in [0.25, 0.3) is 0 Å². The molecule has 32 heavy (non-hydrogen) atoms. The highest BCUT2D eigenvalue weighted by atomic mass is 19.1. The highest BCUT2D eigenvalue weighted by molar-refractivity contribution is 5.59. The standard InChI is InChI=1S/C27H31FN2O2/c1-30(23-17-22(28)13-14-24(23)32-2)27-21(15-16-31)18-29-26(27)25(19-9-5-3-6-10-19)20-11-7-4-8-12-20/h3-14,17,21,25-27,29,31H,15-16,18H2,1-2H3. The number of likely N-dealkylation sites (N-methyl/N-ethyl adjacent to an activating group) is 1. The Hall–Kier alpha value is -2.89. The predicted octanol–water partition coefficient (Wildman–Crippen LogP) is 4.44. The quantitative estimate of drug-likeness (QED) is 0.550. The van der Waals surface area contributed by atoms with Gasteiger partial charge in [-0.25, -0.2) is 4.39 Å². The van der Waals surface area contributed by atoms with Crippen LogP contribution in [0.3, 0.4) is 0 Å². The summed E-state index contributed by atoms with van der Waals surface area (Å²) in [7, 11) is 3.61. The van der Waals surface area contributed by atoms with Crippen molar-refractivity contribution in [2.45, 2.75) is 24.4 Å². The number of hydrogen-bond acceptors (Lipinski definition) is 4. The monoisotopic (exact) mass is 434 g/mol. The van der Waals surface area contributed by atoms with Gasteiger partial charge in [0.05, 0.1) is 12.8 Å². The summed E-state index contributed by atoms with van der Waals surface area (Å²) in [6.07, 6.45) is 0.673. The summed E-state index contributed by atoms with van der Waals surface area (Å²) >= 11 is 0. The maximum atomic E-state index is 14.2. The molecular weight excluding hydrogens is 403 g/mol. The number of nitrogens with one attached hydrogen (secondary N) is 1. The van der Waals surface area contributed by atoms with Crippen LogP contribution in [0.15, 0.2) is 78.9 Å². The van der Waals surface area contributed by atoms with Crippen molar-refractivity contribution in [3.05, 3.63) is 95.8 Å². The first kappa shape index (κ1) is 22.3. The summed E-state index contributed by atoms with van der Waals surface area (Å²) in [6, 6.07) is 25.7. The second-order valence-electron chi connectivity index (χ2n) is 8.42. The van der Waals surface area contributed by atoms with Crippen molar-refractivity contribution in [2.24, 2.45) is 5.92 Å². The third-order valence-electron chi connectivity index (χ3n) is 6.61. The van der Waals surface area contributed by atoms with Crippen LogP contribution in [0.1, 0.15) is 23.5 Å². The van der Waals surface area contributed by atoms with Crippen molar-refractivity contribution in [2.75, 3.05) is 32.2 Å². The highest BCUT2D eigenvalue weighted by Crippen LogP contribution is 2.40. The second-order valence-corrected chi connectivity index (χ2v) is 8.42. The van der Waals surface area contributed by atoms with Crippen LogP contribution in [0.25, 0.3) is 0 Å². The fourth-order valence-corrected chi connectivity index (χ4v) is 5.16. The lowest BCUT2D eigenvalue weighted by Crippen LogP contribution is -2.48. The van der Waals surface area contributed by atoms with Crippen LogP contribution in [0.4, 0.5) is 10.1 Å². The van der Waals surface area contributed by atoms with E-state index in [1.54, 1.807) is 13.2 Å². The summed E-state index contributed by atoms with van der Waals surface area (Å²) in [5.41, 5.74) is 3.17. The number of ether oxygens (including phenoxy) is 1. The van der Waals surface area contributed by atoms with Crippen LogP contribution < -0.4 is 15.0 Å². The lowest BCUT2D eigenvalue weighted by molar-refractivity contribution is 0.251. The Morgan fingerprint density at radius 3 is 2.22 bits per heavy atom. The van der Waals surface area contributed by atoms with E-state index < -0.39 is 0 Å². The van der Waals surface area contributed by atoms with Crippen molar-refractivity contribution >= 4 is 5.69 Å². The molecule has 0 saturated carbocycles. The minimum absolute atomic E-state index is 0.0308. The van der Waals surface area contributed by atoms with Crippen LogP contribution in [0.2, 0.25) is 0 Å². The molecule has 1 fully saturated rings. The Balaban J connectivity index is 1.79. The van der Waals surface area contributed by atoms with Crippen molar-refractivity contribution < 1.29 is 14.2 Å². The minimum Gasteiger partial charge on any atom is -0.495 e. The second kappa shape index (κ2) is 10.2. The third-order valence-corrected chi connectivity index (χ3v) is 6.61. The van der Waals surface area contributed by atoms with E-state index >= 15 is 0 Å². The fraction of sp³-hybridized carbons (Fsp3) is 0.333. The predicted molar refractivity (Wildman–Crippen MR) is 127 cm³/mol. The molecule has 1 aliphatic heterocycles. The molecule has 5 heteroatoms. The van der Waals surface area contributed by atoms with Crippen molar-refractivity contribution in [1.82, 2.24) is 5.32 Å². The van der Waals surface area contributed by atoms with Gasteiger partial charge in [-0.1, -0.05) is 60.7 Å². The first-order valence-corrected chi connectivity index (χ1v) is 11.1. The van der Waals surface area contributed by atoms with Gasteiger partial charge in [-0.2, -0.15) is 0 Å². The normalized spacial score (nSPS) is 20.5. The number of rotatable bonds is 8. The van der Waals surface area contributed by atoms with E-state index in [4.69, 9.17) is 4.74 Å². The third kappa shape index (κ3) is 4.50. The average Bonchev–Trinajstić information content (AvgIpc) is 3.23. The zero-order valence-corrected chi connectivity index (χ0v) is 18.6. The summed E-state index contributed by atoms with van der Waals surface area (Å²) in [6.45, 7) is 0.902. The van der Waals surface area contributed by atoms with Crippen molar-refractivity contribution in [3.63, 3.8) is 0 Å². The number of halogens is 1. The molecule has 0 aliphatic carbocycles. The number of methoxy groups -OCH3 is 1. The largest absolute Gasteiger partial charge is 0.495 e. The molecule has 0 amide bonds. The van der Waals surface area contributed by atoms with Crippen LogP contribution in [0, 0.1) is 11.7 Å². The maximum Gasteiger partial charge on any atom is 0.142 e. The first-order chi connectivity index (χ1) is 15.6. The molecule has 4 nitrogen and oxygen atoms in total. The maximum absolute atomic E-state index is 14.2. The lowest BCUT2D eigenvalue weighted by atomic mass is 9.79. The fourth-order valence-electron chi connectivity index (χ4n) is 5.16. The van der Waals surface area contributed by atoms with Gasteiger partial charge in [0.2, 0.25) is 0 Å². The van der Waals surface area contributed by atoms with Gasteiger partial charge < -0.3 is 20.1 Å². The number of hydrogen-bond donors (Lipinski definition) is 2. The van der Waals surface area contributed by atoms with Gasteiger partial charge in [0.15, 0.2) is 0 Å². The average molecular weight is 435 g/mol. The molecule has 2 N–H and O–H groups in total. The van der Waals surface area contributed by atoms with E-state index in [1.807, 2.05) is 19.2 Å². The topological polar surface area (TPSA) is 44.7 Å². The molecule has 3 atom stereocenters. The molecule has 0 bridgehead atoms. The van der Waals surface area contributed by atoms with E-state index in [0.29, 0.717) is 17.9 Å². The van der Waals surface area contributed by atoms with E-state index in [2.05, 4.69) is 58.7 Å². The van der Waals surface area contributed by atoms with Gasteiger partial charge in [-0.15, -0.1) is 0 Å². The van der Waals surface area contributed by atoms with Gasteiger partial charge in [-0.05, 0) is 35.6 Å². The SMILES string of the molecule is COc1ccc(F)cc1N(C)C1C(CCO)CNC1C(c1ccccc1)c1ccccc1. The number of aliphatic hydroxyl groups excluding tert-OH is 1. The Labute approximate surface area is 189 Å². The van der Waals surface area contributed by atoms with Gasteiger partial charge in [-0.3, -0.25) is 0 Å². The summed E-state index contributed by atoms with van der Waals surface area (Å²) in [5, 5.41) is 13.5. The molecule has 1 saturated heterocycles. The van der Waals surface area contributed by atoms with E-state index in [9.17, 15) is 9.50 Å². The van der Waals surface area contributed by atoms with Crippen LogP contribution in [-0.4, -0.2) is 44.5 Å². The van der Waals surface area contributed by atoms with Gasteiger partial charge in [0, 0.05) is 44.3 Å². The molecule has 1 aliphatic rings. The Kier molecular flexibility index (Phi) is 7.08. The molecule has 3 aromatic carbocycles. The molecule has 0 radical (unpaired) electrons. The Morgan fingerprint density at radius 1 is 1.03 bits per heavy atom. The Bertz CT molecular complexity index is 960. The zero-order chi connectivity index (χ0) is 22.5. The van der Waals surface area contributed by atoms with Gasteiger partial charge >= 0.3 is 0 Å². The minimum atomic E-state index is -0.295. The number of benzene rings is 3. The summed E-state index contributed by atoms with van der Waals surface area (Å²) < 4.78 is 19.8. The Morgan fingerprint density at radius 2 is 1.66 bits per heavy atom. The van der Waals surface area contributed by atoms with Crippen LogP contribution in [-0.2, 0) is 0 Å².